The molecule has 43 heavy (non-hydrogen) atoms. The summed E-state index contributed by atoms with van der Waals surface area (Å²) in [6.45, 7) is 2.07. The van der Waals surface area contributed by atoms with Crippen LogP contribution in [0.15, 0.2) is 121 Å². The predicted molar refractivity (Wildman–Crippen MR) is 152 cm³/mol. The summed E-state index contributed by atoms with van der Waals surface area (Å²) in [4.78, 5) is 35.1. The van der Waals surface area contributed by atoms with Crippen molar-refractivity contribution in [2.45, 2.75) is 12.3 Å². The van der Waals surface area contributed by atoms with Crippen molar-refractivity contribution in [1.29, 1.82) is 0 Å². The third-order valence-electron chi connectivity index (χ3n) is 7.12. The van der Waals surface area contributed by atoms with E-state index in [1.165, 1.54) is 12.1 Å². The second kappa shape index (κ2) is 15.3. The van der Waals surface area contributed by atoms with Gasteiger partial charge in [-0.2, -0.15) is 0 Å². The molecule has 0 fully saturated rings. The van der Waals surface area contributed by atoms with E-state index in [4.69, 9.17) is 4.74 Å². The molecule has 0 bridgehead atoms. The molecule has 0 aliphatic heterocycles. The molecule has 0 aliphatic rings. The molecular formula is C33H25K2O7P. The van der Waals surface area contributed by atoms with Crippen molar-refractivity contribution >= 4 is 18.7 Å². The number of benzene rings is 5. The van der Waals surface area contributed by atoms with Crippen LogP contribution in [0.4, 0.5) is 0 Å². The molecule has 0 spiro atoms. The maximum atomic E-state index is 12.8. The van der Waals surface area contributed by atoms with Crippen LogP contribution in [0.2, 0.25) is 0 Å². The zero-order chi connectivity index (χ0) is 29.2. The van der Waals surface area contributed by atoms with Crippen molar-refractivity contribution in [3.8, 4) is 23.0 Å². The molecule has 0 atom stereocenters. The molecule has 5 aromatic rings. The molecule has 206 valence electrons. The summed E-state index contributed by atoms with van der Waals surface area (Å²) in [6.07, 6.45) is 0. The van der Waals surface area contributed by atoms with E-state index in [0.29, 0.717) is 17.1 Å². The molecule has 0 unspecified atom stereocenters. The van der Waals surface area contributed by atoms with Crippen LogP contribution in [-0.2, 0) is 9.98 Å². The molecule has 0 aliphatic carbocycles. The standard InChI is InChI=1S/C33H27O7P.2K/c1-33(24-6-12-27(34)13-7-24,25-8-14-28(35)15-9-25)26-10-18-30(19-11-26)40-29-16-2-22(3-17-29)32(36)23-4-20-31(21-5-23)41(37,38)39;;/h2-21,34-35H,1H3,(H2,37,38,39);;/q;2*+1/p-2. The van der Waals surface area contributed by atoms with E-state index in [1.807, 2.05) is 48.5 Å². The minimum Gasteiger partial charge on any atom is -0.807 e. The van der Waals surface area contributed by atoms with Gasteiger partial charge < -0.3 is 29.3 Å². The summed E-state index contributed by atoms with van der Waals surface area (Å²) in [5, 5.41) is 19.3. The molecule has 0 saturated carbocycles. The van der Waals surface area contributed by atoms with Gasteiger partial charge in [0.1, 0.15) is 23.0 Å². The summed E-state index contributed by atoms with van der Waals surface area (Å²) >= 11 is 0. The van der Waals surface area contributed by atoms with E-state index in [9.17, 15) is 29.4 Å². The first kappa shape index (κ1) is 36.1. The Labute approximate surface area is 335 Å². The van der Waals surface area contributed by atoms with Gasteiger partial charge in [0.15, 0.2) is 5.78 Å². The number of carbonyl (C=O) groups is 1. The van der Waals surface area contributed by atoms with Gasteiger partial charge >= 0.3 is 103 Å². The SMILES string of the molecule is CC(c1ccc(O)cc1)(c1ccc(O)cc1)c1ccc(Oc2ccc(C(=O)c3ccc(P(=O)([O-])[O-])cc3)cc2)cc1.[K+].[K+]. The Hall–Kier alpha value is -1.41. The van der Waals surface area contributed by atoms with Crippen molar-refractivity contribution in [3.05, 3.63) is 149 Å². The van der Waals surface area contributed by atoms with Crippen LogP contribution < -0.4 is 123 Å². The number of hydrogen-bond acceptors (Lipinski definition) is 7. The van der Waals surface area contributed by atoms with Crippen molar-refractivity contribution in [3.63, 3.8) is 0 Å². The fraction of sp³-hybridized carbons (Fsp3) is 0.0606. The largest absolute Gasteiger partial charge is 1.00 e. The van der Waals surface area contributed by atoms with Crippen LogP contribution in [0.3, 0.4) is 0 Å². The predicted octanol–water partition coefficient (Wildman–Crippen LogP) is -0.978. The number of rotatable bonds is 8. The van der Waals surface area contributed by atoms with Gasteiger partial charge in [0.05, 0.1) is 0 Å². The second-order valence-electron chi connectivity index (χ2n) is 9.74. The average molecular weight is 643 g/mol. The van der Waals surface area contributed by atoms with Gasteiger partial charge in [0.2, 0.25) is 0 Å². The normalized spacial score (nSPS) is 11.1. The van der Waals surface area contributed by atoms with Gasteiger partial charge in [-0.3, -0.25) is 4.79 Å². The van der Waals surface area contributed by atoms with Crippen LogP contribution in [0.1, 0.15) is 39.5 Å². The Morgan fingerprint density at radius 2 is 0.930 bits per heavy atom. The van der Waals surface area contributed by atoms with Gasteiger partial charge in [-0.1, -0.05) is 60.7 Å². The van der Waals surface area contributed by atoms with E-state index in [1.54, 1.807) is 48.5 Å². The maximum absolute atomic E-state index is 12.8. The molecule has 0 radical (unpaired) electrons. The van der Waals surface area contributed by atoms with Gasteiger partial charge in [-0.25, -0.2) is 0 Å². The summed E-state index contributed by atoms with van der Waals surface area (Å²) in [5.74, 6) is 1.13. The molecule has 2 N–H and O–H groups in total. The molecule has 5 aromatic carbocycles. The second-order valence-corrected chi connectivity index (χ2v) is 11.3. The first-order chi connectivity index (χ1) is 19.5. The van der Waals surface area contributed by atoms with Gasteiger partial charge in [-0.15, -0.1) is 0 Å². The Morgan fingerprint density at radius 1 is 0.605 bits per heavy atom. The summed E-state index contributed by atoms with van der Waals surface area (Å²) in [7, 11) is -4.87. The zero-order valence-corrected chi connectivity index (χ0v) is 31.1. The molecule has 0 aromatic heterocycles. The third kappa shape index (κ3) is 8.45. The molecule has 5 rings (SSSR count). The van der Waals surface area contributed by atoms with Crippen molar-refractivity contribution in [2.75, 3.05) is 0 Å². The molecular weight excluding hydrogens is 618 g/mol. The van der Waals surface area contributed by atoms with E-state index < -0.39 is 13.0 Å². The van der Waals surface area contributed by atoms with E-state index in [0.717, 1.165) is 28.8 Å². The molecule has 7 nitrogen and oxygen atoms in total. The number of hydrogen-bond donors (Lipinski definition) is 2. The smallest absolute Gasteiger partial charge is 0.807 e. The first-order valence-electron chi connectivity index (χ1n) is 12.7. The number of ether oxygens (including phenoxy) is 1. The minimum atomic E-state index is -4.87. The first-order valence-corrected chi connectivity index (χ1v) is 14.2. The molecule has 0 saturated heterocycles. The van der Waals surface area contributed by atoms with Crippen LogP contribution in [0.5, 0.6) is 23.0 Å². The van der Waals surface area contributed by atoms with Crippen LogP contribution >= 0.6 is 7.60 Å². The summed E-state index contributed by atoms with van der Waals surface area (Å²) in [5.41, 5.74) is 2.94. The fourth-order valence-corrected chi connectivity index (χ4v) is 5.23. The fourth-order valence-electron chi connectivity index (χ4n) is 4.72. The number of aromatic hydroxyl groups is 2. The Kier molecular flexibility index (Phi) is 12.8. The Morgan fingerprint density at radius 3 is 1.30 bits per heavy atom. The minimum absolute atomic E-state index is 0. The molecule has 0 amide bonds. The maximum Gasteiger partial charge on any atom is 1.00 e. The zero-order valence-electron chi connectivity index (χ0n) is 23.9. The van der Waals surface area contributed by atoms with Gasteiger partial charge in [-0.05, 0) is 97.2 Å². The number of ketones is 1. The van der Waals surface area contributed by atoms with Crippen LogP contribution in [0, 0.1) is 0 Å². The van der Waals surface area contributed by atoms with Gasteiger partial charge in [0, 0.05) is 16.5 Å². The average Bonchev–Trinajstić information content (AvgIpc) is 2.97. The van der Waals surface area contributed by atoms with Crippen LogP contribution in [0.25, 0.3) is 0 Å². The monoisotopic (exact) mass is 642 g/mol. The Bertz CT molecular complexity index is 1670. The van der Waals surface area contributed by atoms with Gasteiger partial charge in [0.25, 0.3) is 0 Å². The van der Waals surface area contributed by atoms with Crippen molar-refractivity contribution in [1.82, 2.24) is 0 Å². The van der Waals surface area contributed by atoms with E-state index in [2.05, 4.69) is 6.92 Å². The van der Waals surface area contributed by atoms with E-state index >= 15 is 0 Å². The van der Waals surface area contributed by atoms with E-state index in [-0.39, 0.29) is 131 Å². The quantitative estimate of drug-likeness (QED) is 0.0964. The summed E-state index contributed by atoms with van der Waals surface area (Å²) in [6, 6.07) is 33.1. The number of phenolic OH excluding ortho intramolecular Hbond substituents is 2. The molecule has 0 heterocycles. The van der Waals surface area contributed by atoms with Crippen molar-refractivity contribution in [2.24, 2.45) is 0 Å². The van der Waals surface area contributed by atoms with Crippen LogP contribution in [-0.4, -0.2) is 16.0 Å². The third-order valence-corrected chi connectivity index (χ3v) is 8.05. The Balaban J connectivity index is 0.00000253. The topological polar surface area (TPSA) is 130 Å². The number of phenols is 2. The number of carbonyl (C=O) groups excluding carboxylic acids is 1. The molecule has 10 heteroatoms. The summed E-state index contributed by atoms with van der Waals surface area (Å²) < 4.78 is 17.2. The van der Waals surface area contributed by atoms with Crippen molar-refractivity contribution < 1.29 is 137 Å².